The third kappa shape index (κ3) is 5.29. The molecule has 1 aliphatic carbocycles. The molecule has 4 rings (SSSR count). The zero-order valence-electron chi connectivity index (χ0n) is 17.7. The molecule has 1 aromatic heterocycles. The maximum atomic E-state index is 11.9. The molecule has 1 N–H and O–H groups in total. The monoisotopic (exact) mass is 443 g/mol. The molecule has 166 valence electrons. The first kappa shape index (κ1) is 21.9. The van der Waals surface area contributed by atoms with Crippen molar-refractivity contribution in [2.75, 3.05) is 24.3 Å². The summed E-state index contributed by atoms with van der Waals surface area (Å²) >= 11 is 0. The third-order valence-electron chi connectivity index (χ3n) is 6.39. The second-order valence-corrected chi connectivity index (χ2v) is 10.3. The van der Waals surface area contributed by atoms with Crippen LogP contribution in [0.5, 0.6) is 0 Å². The van der Waals surface area contributed by atoms with Crippen molar-refractivity contribution in [1.29, 1.82) is 5.26 Å². The van der Waals surface area contributed by atoms with Crippen LogP contribution in [0, 0.1) is 11.3 Å². The molecule has 31 heavy (non-hydrogen) atoms. The number of benzene rings is 1. The van der Waals surface area contributed by atoms with E-state index in [1.807, 2.05) is 11.0 Å². The number of hydrogen-bond donors (Lipinski definition) is 1. The van der Waals surface area contributed by atoms with Crippen LogP contribution < -0.4 is 9.62 Å². The number of ether oxygens (including phenoxy) is 1. The summed E-state index contributed by atoms with van der Waals surface area (Å²) in [6, 6.07) is 13.9. The van der Waals surface area contributed by atoms with Gasteiger partial charge in [-0.05, 0) is 49.7 Å². The lowest BCUT2D eigenvalue weighted by Crippen LogP contribution is -2.48. The highest BCUT2D eigenvalue weighted by Crippen LogP contribution is 2.35. The van der Waals surface area contributed by atoms with E-state index >= 15 is 0 Å². The Morgan fingerprint density at radius 1 is 1.16 bits per heavy atom. The second kappa shape index (κ2) is 9.43. The molecule has 2 aromatic rings. The molecule has 2 aliphatic rings. The Morgan fingerprint density at radius 3 is 2.58 bits per heavy atom. The Balaban J connectivity index is 1.40. The maximum absolute atomic E-state index is 11.9. The highest BCUT2D eigenvalue weighted by atomic mass is 32.2. The number of nitrogens with one attached hydrogen (secondary N) is 1. The number of anilines is 1. The fourth-order valence-corrected chi connectivity index (χ4v) is 5.68. The highest BCUT2D eigenvalue weighted by molar-refractivity contribution is 7.88. The molecule has 1 saturated heterocycles. The van der Waals surface area contributed by atoms with Crippen molar-refractivity contribution in [3.63, 3.8) is 0 Å². The quantitative estimate of drug-likeness (QED) is 0.705. The zero-order valence-corrected chi connectivity index (χ0v) is 18.6. The van der Waals surface area contributed by atoms with Crippen LogP contribution in [-0.4, -0.2) is 46.0 Å². The number of nitrogens with zero attached hydrogens (tertiary/aromatic N) is 2. The van der Waals surface area contributed by atoms with Gasteiger partial charge in [0.05, 0.1) is 31.3 Å². The number of nitriles is 1. The average Bonchev–Trinajstić information content (AvgIpc) is 3.38. The standard InChI is InChI=1S/C23H29N3O4S/c1-31(27,28)25-21-11-13-26(23-19(15-24)12-14-29-23)22(21)16-30-20-9-7-18(8-10-20)17-5-3-2-4-6-17/h2-6,12,14,18,20-22,25H,7-11,13,16H2,1H3/t18?,20?,21-,22-/m0/s1. The second-order valence-electron chi connectivity index (χ2n) is 8.51. The molecule has 0 amide bonds. The smallest absolute Gasteiger partial charge is 0.213 e. The lowest BCUT2D eigenvalue weighted by atomic mass is 9.83. The van der Waals surface area contributed by atoms with Gasteiger partial charge < -0.3 is 14.1 Å². The lowest BCUT2D eigenvalue weighted by molar-refractivity contribution is 0.0153. The predicted molar refractivity (Wildman–Crippen MR) is 118 cm³/mol. The number of sulfonamides is 1. The summed E-state index contributed by atoms with van der Waals surface area (Å²) in [5.41, 5.74) is 1.84. The van der Waals surface area contributed by atoms with Crippen LogP contribution in [-0.2, 0) is 14.8 Å². The van der Waals surface area contributed by atoms with Gasteiger partial charge in [-0.1, -0.05) is 30.3 Å². The minimum Gasteiger partial charge on any atom is -0.447 e. The third-order valence-corrected chi connectivity index (χ3v) is 7.12. The molecule has 0 radical (unpaired) electrons. The van der Waals surface area contributed by atoms with Gasteiger partial charge in [0.25, 0.3) is 0 Å². The van der Waals surface area contributed by atoms with Gasteiger partial charge in [-0.3, -0.25) is 0 Å². The molecule has 2 heterocycles. The molecule has 1 saturated carbocycles. The van der Waals surface area contributed by atoms with Crippen LogP contribution in [0.4, 0.5) is 5.88 Å². The van der Waals surface area contributed by atoms with Gasteiger partial charge in [0, 0.05) is 12.6 Å². The first-order chi connectivity index (χ1) is 14.9. The molecule has 8 heteroatoms. The van der Waals surface area contributed by atoms with Crippen LogP contribution in [0.3, 0.4) is 0 Å². The predicted octanol–water partition coefficient (Wildman–Crippen LogP) is 3.39. The molecular formula is C23H29N3O4S. The van der Waals surface area contributed by atoms with E-state index in [1.165, 1.54) is 18.1 Å². The number of furan rings is 1. The molecular weight excluding hydrogens is 414 g/mol. The molecule has 1 aromatic carbocycles. The molecule has 0 unspecified atom stereocenters. The summed E-state index contributed by atoms with van der Waals surface area (Å²) < 4.78 is 38.4. The van der Waals surface area contributed by atoms with E-state index in [0.29, 0.717) is 36.9 Å². The molecule has 7 nitrogen and oxygen atoms in total. The van der Waals surface area contributed by atoms with Gasteiger partial charge >= 0.3 is 0 Å². The lowest BCUT2D eigenvalue weighted by Gasteiger charge is -2.33. The fraction of sp³-hybridized carbons (Fsp3) is 0.522. The fourth-order valence-electron chi connectivity index (χ4n) is 4.86. The zero-order chi connectivity index (χ0) is 21.8. The van der Waals surface area contributed by atoms with E-state index < -0.39 is 10.0 Å². The molecule has 0 spiro atoms. The van der Waals surface area contributed by atoms with Crippen molar-refractivity contribution in [2.45, 2.75) is 56.2 Å². The minimum atomic E-state index is -3.36. The Morgan fingerprint density at radius 2 is 1.90 bits per heavy atom. The first-order valence-electron chi connectivity index (χ1n) is 10.8. The number of rotatable bonds is 7. The van der Waals surface area contributed by atoms with Gasteiger partial charge in [0.1, 0.15) is 11.6 Å². The van der Waals surface area contributed by atoms with Crippen LogP contribution in [0.1, 0.15) is 49.1 Å². The maximum Gasteiger partial charge on any atom is 0.213 e. The highest BCUT2D eigenvalue weighted by Gasteiger charge is 2.39. The normalized spacial score (nSPS) is 26.6. The Kier molecular flexibility index (Phi) is 6.65. The van der Waals surface area contributed by atoms with Gasteiger partial charge in [-0.15, -0.1) is 0 Å². The van der Waals surface area contributed by atoms with Crippen LogP contribution in [0.15, 0.2) is 47.1 Å². The van der Waals surface area contributed by atoms with Gasteiger partial charge in [-0.25, -0.2) is 13.1 Å². The van der Waals surface area contributed by atoms with E-state index in [4.69, 9.17) is 9.15 Å². The average molecular weight is 444 g/mol. The van der Waals surface area contributed by atoms with Crippen LogP contribution in [0.2, 0.25) is 0 Å². The summed E-state index contributed by atoms with van der Waals surface area (Å²) in [7, 11) is -3.36. The molecule has 1 aliphatic heterocycles. The largest absolute Gasteiger partial charge is 0.447 e. The van der Waals surface area contributed by atoms with Crippen molar-refractivity contribution in [3.05, 3.63) is 53.8 Å². The van der Waals surface area contributed by atoms with E-state index in [-0.39, 0.29) is 18.2 Å². The van der Waals surface area contributed by atoms with Crippen LogP contribution >= 0.6 is 0 Å². The van der Waals surface area contributed by atoms with Crippen molar-refractivity contribution >= 4 is 15.9 Å². The summed E-state index contributed by atoms with van der Waals surface area (Å²) in [4.78, 5) is 1.97. The molecule has 0 bridgehead atoms. The van der Waals surface area contributed by atoms with Crippen molar-refractivity contribution in [1.82, 2.24) is 4.72 Å². The topological polar surface area (TPSA) is 95.6 Å². The van der Waals surface area contributed by atoms with Crippen molar-refractivity contribution in [3.8, 4) is 6.07 Å². The van der Waals surface area contributed by atoms with E-state index in [0.717, 1.165) is 25.7 Å². The van der Waals surface area contributed by atoms with Crippen molar-refractivity contribution in [2.24, 2.45) is 0 Å². The number of hydrogen-bond acceptors (Lipinski definition) is 6. The summed E-state index contributed by atoms with van der Waals surface area (Å²) in [6.07, 6.45) is 7.61. The van der Waals surface area contributed by atoms with E-state index in [2.05, 4.69) is 35.1 Å². The summed E-state index contributed by atoms with van der Waals surface area (Å²) in [6.45, 7) is 0.990. The first-order valence-corrected chi connectivity index (χ1v) is 12.7. The van der Waals surface area contributed by atoms with Crippen molar-refractivity contribution < 1.29 is 17.6 Å². The van der Waals surface area contributed by atoms with Gasteiger partial charge in [-0.2, -0.15) is 5.26 Å². The SMILES string of the molecule is CS(=O)(=O)N[C@H]1CCN(c2occc2C#N)[C@H]1COC1CCC(c2ccccc2)CC1. The summed E-state index contributed by atoms with van der Waals surface area (Å²) in [5, 5.41) is 9.38. The Labute approximate surface area is 184 Å². The Bertz CT molecular complexity index is 1010. The van der Waals surface area contributed by atoms with E-state index in [1.54, 1.807) is 6.07 Å². The van der Waals surface area contributed by atoms with Crippen LogP contribution in [0.25, 0.3) is 0 Å². The van der Waals surface area contributed by atoms with E-state index in [9.17, 15) is 13.7 Å². The minimum absolute atomic E-state index is 0.160. The van der Waals surface area contributed by atoms with Gasteiger partial charge in [0.2, 0.25) is 15.9 Å². The van der Waals surface area contributed by atoms with Gasteiger partial charge in [0.15, 0.2) is 0 Å². The molecule has 2 fully saturated rings. The molecule has 2 atom stereocenters. The summed E-state index contributed by atoms with van der Waals surface area (Å²) in [5.74, 6) is 1.06. The Hall–Kier alpha value is -2.34.